The highest BCUT2D eigenvalue weighted by Gasteiger charge is 2.21. The maximum Gasteiger partial charge on any atom is 0.213 e. The molecule has 2 aromatic carbocycles. The molecule has 3 aromatic rings. The summed E-state index contributed by atoms with van der Waals surface area (Å²) in [7, 11) is 1.55. The van der Waals surface area contributed by atoms with E-state index in [1.807, 2.05) is 36.4 Å². The van der Waals surface area contributed by atoms with Crippen molar-refractivity contribution in [2.75, 3.05) is 18.2 Å². The molecule has 4 N–H and O–H groups in total. The van der Waals surface area contributed by atoms with E-state index >= 15 is 0 Å². The van der Waals surface area contributed by atoms with Crippen molar-refractivity contribution in [3.8, 4) is 11.9 Å². The third-order valence-electron chi connectivity index (χ3n) is 5.48. The van der Waals surface area contributed by atoms with E-state index in [4.69, 9.17) is 21.1 Å². The SMILES string of the molecule is COc1cc(C(=N)c2cc(N[C@@H]3CCCc4cc(C#N)ccc43)ccc2N)ccn1. The van der Waals surface area contributed by atoms with Crippen molar-refractivity contribution >= 4 is 17.1 Å². The van der Waals surface area contributed by atoms with Gasteiger partial charge in [0.25, 0.3) is 0 Å². The molecule has 0 bridgehead atoms. The highest BCUT2D eigenvalue weighted by atomic mass is 16.5. The fraction of sp³-hybridized carbons (Fsp3) is 0.208. The number of anilines is 2. The molecule has 6 nitrogen and oxygen atoms in total. The van der Waals surface area contributed by atoms with Gasteiger partial charge in [-0.3, -0.25) is 5.41 Å². The van der Waals surface area contributed by atoms with Crippen molar-refractivity contribution in [3.63, 3.8) is 0 Å². The number of pyridine rings is 1. The third kappa shape index (κ3) is 3.83. The van der Waals surface area contributed by atoms with Crippen LogP contribution in [0.1, 0.15) is 46.7 Å². The molecule has 0 saturated heterocycles. The quantitative estimate of drug-likeness (QED) is 0.435. The number of hydrogen-bond acceptors (Lipinski definition) is 6. The number of nitrogens with zero attached hydrogens (tertiary/aromatic N) is 2. The van der Waals surface area contributed by atoms with Gasteiger partial charge in [-0.15, -0.1) is 0 Å². The van der Waals surface area contributed by atoms with Gasteiger partial charge in [0.05, 0.1) is 30.5 Å². The number of hydrogen-bond donors (Lipinski definition) is 3. The first-order valence-corrected chi connectivity index (χ1v) is 9.87. The molecule has 0 spiro atoms. The number of nitrogens with two attached hydrogens (primary N) is 1. The maximum absolute atomic E-state index is 9.17. The summed E-state index contributed by atoms with van der Waals surface area (Å²) in [5.41, 5.74) is 12.5. The molecule has 1 aliphatic rings. The van der Waals surface area contributed by atoms with Gasteiger partial charge in [-0.2, -0.15) is 5.26 Å². The van der Waals surface area contributed by atoms with Gasteiger partial charge in [-0.1, -0.05) is 6.07 Å². The summed E-state index contributed by atoms with van der Waals surface area (Å²) in [6.07, 6.45) is 4.69. The Morgan fingerprint density at radius 2 is 2.10 bits per heavy atom. The molecule has 0 aliphatic heterocycles. The number of nitrogens with one attached hydrogen (secondary N) is 2. The Labute approximate surface area is 175 Å². The number of fused-ring (bicyclic) bond motifs is 1. The van der Waals surface area contributed by atoms with Crippen LogP contribution in [0.2, 0.25) is 0 Å². The lowest BCUT2D eigenvalue weighted by atomic mass is 9.86. The van der Waals surface area contributed by atoms with E-state index in [2.05, 4.69) is 16.4 Å². The molecule has 150 valence electrons. The Balaban J connectivity index is 1.62. The van der Waals surface area contributed by atoms with Crippen LogP contribution in [-0.2, 0) is 6.42 Å². The summed E-state index contributed by atoms with van der Waals surface area (Å²) in [5, 5.41) is 21.4. The summed E-state index contributed by atoms with van der Waals surface area (Å²) in [5.74, 6) is 0.459. The van der Waals surface area contributed by atoms with E-state index in [-0.39, 0.29) is 6.04 Å². The van der Waals surface area contributed by atoms with Crippen molar-refractivity contribution in [3.05, 3.63) is 82.5 Å². The summed E-state index contributed by atoms with van der Waals surface area (Å²) in [4.78, 5) is 4.10. The molecule has 1 aromatic heterocycles. The second-order valence-corrected chi connectivity index (χ2v) is 7.38. The average Bonchev–Trinajstić information content (AvgIpc) is 2.79. The lowest BCUT2D eigenvalue weighted by Gasteiger charge is -2.27. The number of aryl methyl sites for hydroxylation is 1. The molecule has 4 rings (SSSR count). The van der Waals surface area contributed by atoms with Crippen molar-refractivity contribution in [1.29, 1.82) is 10.7 Å². The highest BCUT2D eigenvalue weighted by molar-refractivity contribution is 6.14. The number of nitriles is 1. The van der Waals surface area contributed by atoms with Crippen molar-refractivity contribution in [1.82, 2.24) is 4.98 Å². The van der Waals surface area contributed by atoms with Crippen LogP contribution in [0.4, 0.5) is 11.4 Å². The first kappa shape index (κ1) is 19.5. The Hall–Kier alpha value is -3.85. The minimum Gasteiger partial charge on any atom is -0.481 e. The number of methoxy groups -OCH3 is 1. The van der Waals surface area contributed by atoms with Crippen LogP contribution in [-0.4, -0.2) is 17.8 Å². The van der Waals surface area contributed by atoms with Crippen LogP contribution in [0.15, 0.2) is 54.7 Å². The molecule has 1 aliphatic carbocycles. The van der Waals surface area contributed by atoms with E-state index in [1.54, 1.807) is 25.4 Å². The fourth-order valence-corrected chi connectivity index (χ4v) is 3.93. The van der Waals surface area contributed by atoms with Gasteiger partial charge in [0.1, 0.15) is 0 Å². The van der Waals surface area contributed by atoms with Crippen molar-refractivity contribution in [2.45, 2.75) is 25.3 Å². The van der Waals surface area contributed by atoms with Crippen LogP contribution in [0, 0.1) is 16.7 Å². The van der Waals surface area contributed by atoms with Gasteiger partial charge >= 0.3 is 0 Å². The normalized spacial score (nSPS) is 15.0. The van der Waals surface area contributed by atoms with Gasteiger partial charge in [-0.25, -0.2) is 4.98 Å². The van der Waals surface area contributed by atoms with Crippen molar-refractivity contribution < 1.29 is 4.74 Å². The molecule has 30 heavy (non-hydrogen) atoms. The molecule has 1 heterocycles. The second-order valence-electron chi connectivity index (χ2n) is 7.38. The van der Waals surface area contributed by atoms with E-state index in [0.29, 0.717) is 34.0 Å². The molecule has 0 amide bonds. The Morgan fingerprint density at radius 1 is 1.23 bits per heavy atom. The molecule has 0 fully saturated rings. The maximum atomic E-state index is 9.17. The van der Waals surface area contributed by atoms with Gasteiger partial charge < -0.3 is 15.8 Å². The standard InChI is InChI=1S/C24H23N5O/c1-30-23-12-17(9-10-28-23)24(27)20-13-18(6-8-21(20)26)29-22-4-2-3-16-11-15(14-25)5-7-19(16)22/h5-13,22,27,29H,2-4,26H2,1H3/t22-/m1/s1. The minimum atomic E-state index is 0.160. The number of rotatable bonds is 5. The molecule has 0 unspecified atom stereocenters. The monoisotopic (exact) mass is 397 g/mol. The average molecular weight is 397 g/mol. The Bertz CT molecular complexity index is 1150. The zero-order chi connectivity index (χ0) is 21.1. The van der Waals surface area contributed by atoms with Gasteiger partial charge in [-0.05, 0) is 66.8 Å². The fourth-order valence-electron chi connectivity index (χ4n) is 3.93. The first-order chi connectivity index (χ1) is 14.6. The van der Waals surface area contributed by atoms with Gasteiger partial charge in [0.2, 0.25) is 5.88 Å². The summed E-state index contributed by atoms with van der Waals surface area (Å²) >= 11 is 0. The predicted octanol–water partition coefficient (Wildman–Crippen LogP) is 4.45. The van der Waals surface area contributed by atoms with E-state index in [0.717, 1.165) is 24.9 Å². The third-order valence-corrected chi connectivity index (χ3v) is 5.48. The van der Waals surface area contributed by atoms with Crippen molar-refractivity contribution in [2.24, 2.45) is 0 Å². The second kappa shape index (κ2) is 8.26. The molecule has 0 radical (unpaired) electrons. The molecule has 1 atom stereocenters. The summed E-state index contributed by atoms with van der Waals surface area (Å²) < 4.78 is 5.17. The van der Waals surface area contributed by atoms with Crippen LogP contribution in [0.25, 0.3) is 0 Å². The smallest absolute Gasteiger partial charge is 0.213 e. The molecule has 6 heteroatoms. The van der Waals surface area contributed by atoms with E-state index < -0.39 is 0 Å². The minimum absolute atomic E-state index is 0.160. The first-order valence-electron chi connectivity index (χ1n) is 9.87. The number of benzene rings is 2. The highest BCUT2D eigenvalue weighted by Crippen LogP contribution is 2.34. The van der Waals surface area contributed by atoms with Gasteiger partial charge in [0, 0.05) is 34.8 Å². The van der Waals surface area contributed by atoms with Crippen LogP contribution < -0.4 is 15.8 Å². The number of ether oxygens (including phenoxy) is 1. The summed E-state index contributed by atoms with van der Waals surface area (Å²) in [6.45, 7) is 0. The molecular formula is C24H23N5O. The Morgan fingerprint density at radius 3 is 2.90 bits per heavy atom. The zero-order valence-corrected chi connectivity index (χ0v) is 16.8. The largest absolute Gasteiger partial charge is 0.481 e. The van der Waals surface area contributed by atoms with Crippen LogP contribution in [0.3, 0.4) is 0 Å². The van der Waals surface area contributed by atoms with Crippen LogP contribution >= 0.6 is 0 Å². The lowest BCUT2D eigenvalue weighted by molar-refractivity contribution is 0.398. The predicted molar refractivity (Wildman–Crippen MR) is 118 cm³/mol. The number of aromatic nitrogens is 1. The lowest BCUT2D eigenvalue weighted by Crippen LogP contribution is -2.18. The summed E-state index contributed by atoms with van der Waals surface area (Å²) in [6, 6.07) is 17.5. The van der Waals surface area contributed by atoms with Gasteiger partial charge in [0.15, 0.2) is 0 Å². The molecular weight excluding hydrogens is 374 g/mol. The number of nitrogen functional groups attached to an aromatic ring is 1. The van der Waals surface area contributed by atoms with E-state index in [1.165, 1.54) is 11.1 Å². The topological polar surface area (TPSA) is 108 Å². The zero-order valence-electron chi connectivity index (χ0n) is 16.8. The van der Waals surface area contributed by atoms with Crippen LogP contribution in [0.5, 0.6) is 5.88 Å². The van der Waals surface area contributed by atoms with E-state index in [9.17, 15) is 0 Å². The Kier molecular flexibility index (Phi) is 5.36. The molecule has 0 saturated carbocycles.